The lowest BCUT2D eigenvalue weighted by Gasteiger charge is -2.39. The molecule has 1 unspecified atom stereocenters. The van der Waals surface area contributed by atoms with Crippen LogP contribution < -0.4 is 11.1 Å². The molecule has 1 saturated carbocycles. The summed E-state index contributed by atoms with van der Waals surface area (Å²) in [6, 6.07) is 10.3. The van der Waals surface area contributed by atoms with E-state index in [1.807, 2.05) is 18.2 Å². The largest absolute Gasteiger partial charge is 0.385 e. The van der Waals surface area contributed by atoms with E-state index in [9.17, 15) is 5.11 Å². The molecular weight excluding hydrogens is 308 g/mol. The van der Waals surface area contributed by atoms with Crippen molar-refractivity contribution in [3.05, 3.63) is 35.9 Å². The fourth-order valence-electron chi connectivity index (χ4n) is 3.69. The zero-order valence-corrected chi connectivity index (χ0v) is 15.0. The van der Waals surface area contributed by atoms with Gasteiger partial charge in [-0.3, -0.25) is 0 Å². The van der Waals surface area contributed by atoms with E-state index in [2.05, 4.69) is 17.4 Å². The molecule has 0 amide bonds. The SMILES string of the molecule is Cl.NCCCCNCCC(O)(c1ccccc1)C1CCCCC1. The van der Waals surface area contributed by atoms with Crippen molar-refractivity contribution >= 4 is 12.4 Å². The van der Waals surface area contributed by atoms with Crippen LogP contribution in [0.4, 0.5) is 0 Å². The van der Waals surface area contributed by atoms with Crippen molar-refractivity contribution in [1.29, 1.82) is 0 Å². The van der Waals surface area contributed by atoms with E-state index in [-0.39, 0.29) is 12.4 Å². The minimum Gasteiger partial charge on any atom is -0.385 e. The van der Waals surface area contributed by atoms with E-state index in [1.165, 1.54) is 19.3 Å². The van der Waals surface area contributed by atoms with Gasteiger partial charge in [0.15, 0.2) is 0 Å². The van der Waals surface area contributed by atoms with Gasteiger partial charge in [0, 0.05) is 0 Å². The van der Waals surface area contributed by atoms with Crippen molar-refractivity contribution < 1.29 is 5.11 Å². The van der Waals surface area contributed by atoms with Gasteiger partial charge >= 0.3 is 0 Å². The lowest BCUT2D eigenvalue weighted by Crippen LogP contribution is -2.39. The molecular formula is C19H33ClN2O. The molecule has 1 fully saturated rings. The molecule has 0 saturated heterocycles. The first-order valence-electron chi connectivity index (χ1n) is 8.96. The number of aliphatic hydroxyl groups is 1. The quantitative estimate of drug-likeness (QED) is 0.602. The molecule has 0 heterocycles. The minimum absolute atomic E-state index is 0. The molecule has 23 heavy (non-hydrogen) atoms. The Hall–Kier alpha value is -0.610. The smallest absolute Gasteiger partial charge is 0.0936 e. The van der Waals surface area contributed by atoms with Crippen LogP contribution in [0.3, 0.4) is 0 Å². The van der Waals surface area contributed by atoms with Gasteiger partial charge in [-0.15, -0.1) is 12.4 Å². The van der Waals surface area contributed by atoms with Crippen LogP contribution >= 0.6 is 12.4 Å². The molecule has 3 nitrogen and oxygen atoms in total. The standard InChI is InChI=1S/C19H32N2O.ClH/c20-14-7-8-15-21-16-13-19(22,17-9-3-1-4-10-17)18-11-5-2-6-12-18;/h1,3-4,9-10,18,21-22H,2,5-8,11-16,20H2;1H. The molecule has 0 bridgehead atoms. The van der Waals surface area contributed by atoms with E-state index >= 15 is 0 Å². The summed E-state index contributed by atoms with van der Waals surface area (Å²) in [7, 11) is 0. The van der Waals surface area contributed by atoms with Gasteiger partial charge in [-0.1, -0.05) is 49.6 Å². The third-order valence-corrected chi connectivity index (χ3v) is 5.04. The molecule has 0 radical (unpaired) electrons. The number of nitrogens with two attached hydrogens (primary N) is 1. The van der Waals surface area contributed by atoms with Crippen LogP contribution in [0.15, 0.2) is 30.3 Å². The minimum atomic E-state index is -0.678. The number of benzene rings is 1. The normalized spacial score (nSPS) is 18.2. The van der Waals surface area contributed by atoms with Crippen LogP contribution in [0.1, 0.15) is 56.9 Å². The molecule has 132 valence electrons. The number of halogens is 1. The summed E-state index contributed by atoms with van der Waals surface area (Å²) >= 11 is 0. The average molecular weight is 341 g/mol. The van der Waals surface area contributed by atoms with Crippen molar-refractivity contribution in [2.24, 2.45) is 11.7 Å². The number of hydrogen-bond acceptors (Lipinski definition) is 3. The maximum absolute atomic E-state index is 11.5. The third kappa shape index (κ3) is 6.07. The van der Waals surface area contributed by atoms with Gasteiger partial charge in [-0.25, -0.2) is 0 Å². The lowest BCUT2D eigenvalue weighted by atomic mass is 9.72. The Labute approximate surface area is 147 Å². The number of rotatable bonds is 9. The van der Waals surface area contributed by atoms with Gasteiger partial charge in [-0.05, 0) is 63.2 Å². The molecule has 1 aliphatic rings. The summed E-state index contributed by atoms with van der Waals surface area (Å²) in [6.45, 7) is 2.62. The van der Waals surface area contributed by atoms with Crippen LogP contribution in [-0.2, 0) is 5.60 Å². The van der Waals surface area contributed by atoms with Gasteiger partial charge in [0.2, 0.25) is 0 Å². The summed E-state index contributed by atoms with van der Waals surface area (Å²) in [5, 5.41) is 14.9. The van der Waals surface area contributed by atoms with E-state index < -0.39 is 5.60 Å². The predicted octanol–water partition coefficient (Wildman–Crippen LogP) is 3.59. The molecule has 2 rings (SSSR count). The fraction of sp³-hybridized carbons (Fsp3) is 0.684. The Morgan fingerprint density at radius 3 is 2.39 bits per heavy atom. The zero-order chi connectivity index (χ0) is 15.7. The zero-order valence-electron chi connectivity index (χ0n) is 14.2. The predicted molar refractivity (Wildman–Crippen MR) is 99.9 cm³/mol. The monoisotopic (exact) mass is 340 g/mol. The van der Waals surface area contributed by atoms with Crippen LogP contribution in [0.2, 0.25) is 0 Å². The Morgan fingerprint density at radius 2 is 1.74 bits per heavy atom. The summed E-state index contributed by atoms with van der Waals surface area (Å²) in [4.78, 5) is 0. The van der Waals surface area contributed by atoms with Crippen molar-refractivity contribution in [3.63, 3.8) is 0 Å². The van der Waals surface area contributed by atoms with Crippen LogP contribution in [0.25, 0.3) is 0 Å². The van der Waals surface area contributed by atoms with Gasteiger partial charge < -0.3 is 16.2 Å². The topological polar surface area (TPSA) is 58.3 Å². The van der Waals surface area contributed by atoms with Crippen molar-refractivity contribution in [1.82, 2.24) is 5.32 Å². The summed E-state index contributed by atoms with van der Waals surface area (Å²) in [5.74, 6) is 0.398. The Balaban J connectivity index is 0.00000264. The van der Waals surface area contributed by atoms with Crippen LogP contribution in [-0.4, -0.2) is 24.7 Å². The first-order chi connectivity index (χ1) is 10.8. The van der Waals surface area contributed by atoms with E-state index in [0.29, 0.717) is 5.92 Å². The second-order valence-electron chi connectivity index (χ2n) is 6.62. The van der Waals surface area contributed by atoms with Gasteiger partial charge in [0.25, 0.3) is 0 Å². The van der Waals surface area contributed by atoms with Crippen molar-refractivity contribution in [3.8, 4) is 0 Å². The van der Waals surface area contributed by atoms with Crippen LogP contribution in [0, 0.1) is 5.92 Å². The highest BCUT2D eigenvalue weighted by molar-refractivity contribution is 5.85. The van der Waals surface area contributed by atoms with Crippen molar-refractivity contribution in [2.75, 3.05) is 19.6 Å². The van der Waals surface area contributed by atoms with Gasteiger partial charge in [0.05, 0.1) is 5.60 Å². The van der Waals surface area contributed by atoms with E-state index in [0.717, 1.165) is 57.3 Å². The Kier molecular flexibility index (Phi) is 9.80. The van der Waals surface area contributed by atoms with Gasteiger partial charge in [-0.2, -0.15) is 0 Å². The molecule has 0 aromatic heterocycles. The number of nitrogens with one attached hydrogen (secondary N) is 1. The summed E-state index contributed by atoms with van der Waals surface area (Å²) in [5.41, 5.74) is 5.93. The van der Waals surface area contributed by atoms with Crippen molar-refractivity contribution in [2.45, 2.75) is 57.0 Å². The maximum Gasteiger partial charge on any atom is 0.0936 e. The second-order valence-corrected chi connectivity index (χ2v) is 6.62. The van der Waals surface area contributed by atoms with Crippen LogP contribution in [0.5, 0.6) is 0 Å². The number of unbranched alkanes of at least 4 members (excludes halogenated alkanes) is 1. The molecule has 1 aromatic rings. The third-order valence-electron chi connectivity index (χ3n) is 5.04. The Bertz CT molecular complexity index is 409. The highest BCUT2D eigenvalue weighted by Gasteiger charge is 2.38. The Morgan fingerprint density at radius 1 is 1.04 bits per heavy atom. The summed E-state index contributed by atoms with van der Waals surface area (Å²) < 4.78 is 0. The molecule has 1 aliphatic carbocycles. The summed E-state index contributed by atoms with van der Waals surface area (Å²) in [6.07, 6.45) is 9.11. The second kappa shape index (κ2) is 11.0. The lowest BCUT2D eigenvalue weighted by molar-refractivity contribution is -0.0455. The molecule has 4 N–H and O–H groups in total. The molecule has 1 aromatic carbocycles. The molecule has 0 aliphatic heterocycles. The molecule has 1 atom stereocenters. The first kappa shape index (κ1) is 20.4. The highest BCUT2D eigenvalue weighted by atomic mass is 35.5. The fourth-order valence-corrected chi connectivity index (χ4v) is 3.69. The van der Waals surface area contributed by atoms with Gasteiger partial charge in [0.1, 0.15) is 0 Å². The molecule has 0 spiro atoms. The first-order valence-corrected chi connectivity index (χ1v) is 8.96. The van der Waals surface area contributed by atoms with E-state index in [4.69, 9.17) is 5.73 Å². The maximum atomic E-state index is 11.5. The number of hydrogen-bond donors (Lipinski definition) is 3. The average Bonchev–Trinajstić information content (AvgIpc) is 2.59. The van der Waals surface area contributed by atoms with E-state index in [1.54, 1.807) is 0 Å². The highest BCUT2D eigenvalue weighted by Crippen LogP contribution is 2.41. The molecule has 4 heteroatoms.